The summed E-state index contributed by atoms with van der Waals surface area (Å²) in [5, 5.41) is 3.29. The van der Waals surface area contributed by atoms with Gasteiger partial charge in [0.25, 0.3) is 0 Å². The summed E-state index contributed by atoms with van der Waals surface area (Å²) in [6, 6.07) is 8.06. The number of hydrogen-bond acceptors (Lipinski definition) is 2. The third-order valence-corrected chi connectivity index (χ3v) is 2.37. The number of nitrogens with one attached hydrogen (secondary N) is 1. The topological polar surface area (TPSA) is 38.0 Å². The van der Waals surface area contributed by atoms with Crippen molar-refractivity contribution in [3.8, 4) is 0 Å². The van der Waals surface area contributed by atoms with Gasteiger partial charge in [-0.3, -0.25) is 0 Å². The van der Waals surface area contributed by atoms with E-state index in [1.807, 2.05) is 18.2 Å². The third kappa shape index (κ3) is 1.73. The zero-order valence-electron chi connectivity index (χ0n) is 7.59. The molecule has 0 saturated carbocycles. The average Bonchev–Trinajstić information content (AvgIpc) is 2.20. The number of nitrogen functional groups attached to an aromatic ring is 1. The Bertz CT molecular complexity index is 329. The van der Waals surface area contributed by atoms with Crippen molar-refractivity contribution in [2.45, 2.75) is 6.42 Å². The van der Waals surface area contributed by atoms with Crippen LogP contribution in [-0.4, -0.2) is 13.1 Å². The molecule has 0 fully saturated rings. The summed E-state index contributed by atoms with van der Waals surface area (Å²) < 4.78 is 0. The van der Waals surface area contributed by atoms with Crippen LogP contribution < -0.4 is 11.1 Å². The fraction of sp³-hybridized carbons (Fsp3) is 0.273. The molecule has 0 bridgehead atoms. The average molecular weight is 174 g/mol. The number of hydrogen-bond donors (Lipinski definition) is 2. The molecule has 0 aliphatic carbocycles. The first-order chi connectivity index (χ1) is 6.38. The van der Waals surface area contributed by atoms with Gasteiger partial charge in [0.2, 0.25) is 0 Å². The van der Waals surface area contributed by atoms with Gasteiger partial charge < -0.3 is 11.1 Å². The van der Waals surface area contributed by atoms with Crippen molar-refractivity contribution >= 4 is 11.3 Å². The zero-order chi connectivity index (χ0) is 9.10. The maximum Gasteiger partial charge on any atom is 0.0390 e. The van der Waals surface area contributed by atoms with Crippen LogP contribution in [0.5, 0.6) is 0 Å². The summed E-state index contributed by atoms with van der Waals surface area (Å²) >= 11 is 0. The summed E-state index contributed by atoms with van der Waals surface area (Å²) in [5.41, 5.74) is 9.35. The highest BCUT2D eigenvalue weighted by atomic mass is 14.8. The number of para-hydroxylation sites is 1. The Balaban J connectivity index is 2.34. The lowest BCUT2D eigenvalue weighted by atomic mass is 9.99. The first kappa shape index (κ1) is 8.32. The Hall–Kier alpha value is -1.28. The molecule has 0 atom stereocenters. The van der Waals surface area contributed by atoms with Gasteiger partial charge in [-0.25, -0.2) is 0 Å². The molecule has 0 amide bonds. The maximum absolute atomic E-state index is 5.89. The molecule has 3 N–H and O–H groups in total. The predicted octanol–water partition coefficient (Wildman–Crippen LogP) is 1.65. The first-order valence-electron chi connectivity index (χ1n) is 4.62. The Morgan fingerprint density at radius 2 is 2.08 bits per heavy atom. The molecule has 68 valence electrons. The third-order valence-electron chi connectivity index (χ3n) is 2.37. The van der Waals surface area contributed by atoms with Crippen molar-refractivity contribution in [1.82, 2.24) is 5.32 Å². The second kappa shape index (κ2) is 3.62. The minimum absolute atomic E-state index is 0.885. The van der Waals surface area contributed by atoms with Gasteiger partial charge in [0.1, 0.15) is 0 Å². The minimum Gasteiger partial charge on any atom is -0.398 e. The van der Waals surface area contributed by atoms with E-state index in [0.717, 1.165) is 25.2 Å². The highest BCUT2D eigenvalue weighted by Crippen LogP contribution is 2.24. The van der Waals surface area contributed by atoms with Crippen molar-refractivity contribution < 1.29 is 0 Å². The lowest BCUT2D eigenvalue weighted by Crippen LogP contribution is -2.20. The number of benzene rings is 1. The highest BCUT2D eigenvalue weighted by Gasteiger charge is 2.07. The Morgan fingerprint density at radius 1 is 1.23 bits per heavy atom. The maximum atomic E-state index is 5.89. The van der Waals surface area contributed by atoms with Crippen molar-refractivity contribution in [3.63, 3.8) is 0 Å². The summed E-state index contributed by atoms with van der Waals surface area (Å²) in [4.78, 5) is 0. The molecule has 1 aromatic rings. The van der Waals surface area contributed by atoms with Gasteiger partial charge in [-0.05, 0) is 24.6 Å². The lowest BCUT2D eigenvalue weighted by molar-refractivity contribution is 0.739. The smallest absolute Gasteiger partial charge is 0.0390 e. The molecule has 0 radical (unpaired) electrons. The van der Waals surface area contributed by atoms with Gasteiger partial charge in [0.15, 0.2) is 0 Å². The van der Waals surface area contributed by atoms with E-state index in [1.165, 1.54) is 11.1 Å². The summed E-state index contributed by atoms with van der Waals surface area (Å²) in [6.45, 7) is 2.02. The van der Waals surface area contributed by atoms with Gasteiger partial charge in [-0.2, -0.15) is 0 Å². The zero-order valence-corrected chi connectivity index (χ0v) is 7.59. The predicted molar refractivity (Wildman–Crippen MR) is 56.3 cm³/mol. The molecular weight excluding hydrogens is 160 g/mol. The minimum atomic E-state index is 0.885. The van der Waals surface area contributed by atoms with E-state index in [9.17, 15) is 0 Å². The van der Waals surface area contributed by atoms with E-state index >= 15 is 0 Å². The molecule has 13 heavy (non-hydrogen) atoms. The normalized spacial score (nSPS) is 16.8. The van der Waals surface area contributed by atoms with Gasteiger partial charge >= 0.3 is 0 Å². The van der Waals surface area contributed by atoms with E-state index in [4.69, 9.17) is 5.73 Å². The number of anilines is 1. The van der Waals surface area contributed by atoms with Crippen LogP contribution in [0.3, 0.4) is 0 Å². The van der Waals surface area contributed by atoms with Gasteiger partial charge in [-0.1, -0.05) is 24.3 Å². The van der Waals surface area contributed by atoms with Gasteiger partial charge in [0, 0.05) is 17.8 Å². The molecule has 2 rings (SSSR count). The highest BCUT2D eigenvalue weighted by molar-refractivity contribution is 5.75. The van der Waals surface area contributed by atoms with E-state index < -0.39 is 0 Å². The lowest BCUT2D eigenvalue weighted by Gasteiger charge is -2.15. The number of rotatable bonds is 1. The van der Waals surface area contributed by atoms with E-state index in [0.29, 0.717) is 0 Å². The second-order valence-corrected chi connectivity index (χ2v) is 3.27. The monoisotopic (exact) mass is 174 g/mol. The van der Waals surface area contributed by atoms with Gasteiger partial charge in [-0.15, -0.1) is 0 Å². The molecular formula is C11H14N2. The fourth-order valence-corrected chi connectivity index (χ4v) is 1.66. The number of nitrogens with two attached hydrogens (primary N) is 1. The van der Waals surface area contributed by atoms with Crippen LogP contribution in [0.4, 0.5) is 5.69 Å². The van der Waals surface area contributed by atoms with Crippen molar-refractivity contribution in [2.24, 2.45) is 0 Å². The van der Waals surface area contributed by atoms with E-state index in [-0.39, 0.29) is 0 Å². The molecule has 1 aromatic carbocycles. The van der Waals surface area contributed by atoms with Crippen LogP contribution in [0.2, 0.25) is 0 Å². The molecule has 2 heteroatoms. The van der Waals surface area contributed by atoms with Crippen LogP contribution in [-0.2, 0) is 0 Å². The first-order valence-corrected chi connectivity index (χ1v) is 4.62. The van der Waals surface area contributed by atoms with Crippen LogP contribution >= 0.6 is 0 Å². The van der Waals surface area contributed by atoms with Crippen molar-refractivity contribution in [3.05, 3.63) is 35.9 Å². The molecule has 0 aromatic heterocycles. The molecule has 0 spiro atoms. The van der Waals surface area contributed by atoms with Crippen LogP contribution in [0.1, 0.15) is 12.0 Å². The van der Waals surface area contributed by atoms with E-state index in [1.54, 1.807) is 0 Å². The molecule has 1 aliphatic rings. The summed E-state index contributed by atoms with van der Waals surface area (Å²) in [5.74, 6) is 0. The van der Waals surface area contributed by atoms with Crippen LogP contribution in [0.15, 0.2) is 30.3 Å². The molecule has 1 aliphatic heterocycles. The Morgan fingerprint density at radius 3 is 2.77 bits per heavy atom. The van der Waals surface area contributed by atoms with Gasteiger partial charge in [0.05, 0.1) is 0 Å². The van der Waals surface area contributed by atoms with Crippen molar-refractivity contribution in [2.75, 3.05) is 18.8 Å². The second-order valence-electron chi connectivity index (χ2n) is 3.27. The quantitative estimate of drug-likeness (QED) is 0.635. The summed E-state index contributed by atoms with van der Waals surface area (Å²) in [7, 11) is 0. The SMILES string of the molecule is Nc1ccccc1C1=CCNCC1. The van der Waals surface area contributed by atoms with Crippen molar-refractivity contribution in [1.29, 1.82) is 0 Å². The Kier molecular flexibility index (Phi) is 2.32. The van der Waals surface area contributed by atoms with E-state index in [2.05, 4.69) is 17.5 Å². The summed E-state index contributed by atoms with van der Waals surface area (Å²) in [6.07, 6.45) is 3.30. The molecule has 0 saturated heterocycles. The molecule has 0 unspecified atom stereocenters. The fourth-order valence-electron chi connectivity index (χ4n) is 1.66. The largest absolute Gasteiger partial charge is 0.398 e. The van der Waals surface area contributed by atoms with Crippen LogP contribution in [0, 0.1) is 0 Å². The molecule has 2 nitrogen and oxygen atoms in total. The standard InChI is InChI=1S/C11H14N2/c12-11-4-2-1-3-10(11)9-5-7-13-8-6-9/h1-5,13H,6-8,12H2. The Labute approximate surface area is 78.5 Å². The molecule has 1 heterocycles. The van der Waals surface area contributed by atoms with Crippen LogP contribution in [0.25, 0.3) is 5.57 Å².